The molecule has 2 aliphatic carbocycles. The summed E-state index contributed by atoms with van der Waals surface area (Å²) in [4.78, 5) is 11.1. The SMILES string of the molecule is COC(=O)[C@H]1C[C@@H](N)[C@H]2C[C@H]21. The Balaban J connectivity index is 2.02. The number of nitrogens with two attached hydrogens (primary N) is 1. The van der Waals surface area contributed by atoms with E-state index in [1.165, 1.54) is 7.11 Å². The molecule has 0 amide bonds. The van der Waals surface area contributed by atoms with Gasteiger partial charge in [-0.15, -0.1) is 0 Å². The summed E-state index contributed by atoms with van der Waals surface area (Å²) < 4.78 is 4.69. The Labute approximate surface area is 65.9 Å². The summed E-state index contributed by atoms with van der Waals surface area (Å²) in [5.74, 6) is 1.22. The average Bonchev–Trinajstić information content (AvgIpc) is 2.72. The van der Waals surface area contributed by atoms with Gasteiger partial charge in [-0.25, -0.2) is 0 Å². The van der Waals surface area contributed by atoms with Crippen molar-refractivity contribution in [1.82, 2.24) is 0 Å². The first-order valence-electron chi connectivity index (χ1n) is 4.07. The van der Waals surface area contributed by atoms with Crippen LogP contribution in [-0.2, 0) is 9.53 Å². The third-order valence-electron chi connectivity index (χ3n) is 2.99. The van der Waals surface area contributed by atoms with Gasteiger partial charge in [0.1, 0.15) is 0 Å². The van der Waals surface area contributed by atoms with Gasteiger partial charge in [-0.3, -0.25) is 4.79 Å². The van der Waals surface area contributed by atoms with Crippen LogP contribution in [0.4, 0.5) is 0 Å². The predicted molar refractivity (Wildman–Crippen MR) is 39.7 cm³/mol. The monoisotopic (exact) mass is 155 g/mol. The number of hydrogen-bond donors (Lipinski definition) is 1. The summed E-state index contributed by atoms with van der Waals surface area (Å²) in [6.45, 7) is 0. The van der Waals surface area contributed by atoms with Crippen LogP contribution in [0.2, 0.25) is 0 Å². The molecule has 0 saturated heterocycles. The molecule has 3 nitrogen and oxygen atoms in total. The number of carbonyl (C=O) groups excluding carboxylic acids is 1. The fourth-order valence-electron chi connectivity index (χ4n) is 2.26. The lowest BCUT2D eigenvalue weighted by Gasteiger charge is -2.09. The summed E-state index contributed by atoms with van der Waals surface area (Å²) >= 11 is 0. The second-order valence-corrected chi connectivity index (χ2v) is 3.59. The van der Waals surface area contributed by atoms with E-state index in [0.29, 0.717) is 11.8 Å². The zero-order chi connectivity index (χ0) is 8.01. The van der Waals surface area contributed by atoms with Gasteiger partial charge in [-0.1, -0.05) is 0 Å². The molecular formula is C8H13NO2. The number of esters is 1. The minimum absolute atomic E-state index is 0.0644. The molecular weight excluding hydrogens is 142 g/mol. The molecule has 0 aromatic heterocycles. The number of hydrogen-bond acceptors (Lipinski definition) is 3. The summed E-state index contributed by atoms with van der Waals surface area (Å²) in [7, 11) is 1.45. The molecule has 3 heteroatoms. The van der Waals surface area contributed by atoms with Crippen LogP contribution in [0.5, 0.6) is 0 Å². The first-order chi connectivity index (χ1) is 5.24. The maximum absolute atomic E-state index is 11.1. The fourth-order valence-corrected chi connectivity index (χ4v) is 2.26. The Morgan fingerprint density at radius 3 is 2.55 bits per heavy atom. The zero-order valence-corrected chi connectivity index (χ0v) is 6.62. The second-order valence-electron chi connectivity index (χ2n) is 3.59. The maximum atomic E-state index is 11.1. The molecule has 0 heterocycles. The molecule has 62 valence electrons. The largest absolute Gasteiger partial charge is 0.469 e. The van der Waals surface area contributed by atoms with Gasteiger partial charge in [-0.05, 0) is 24.7 Å². The first-order valence-corrected chi connectivity index (χ1v) is 4.07. The summed E-state index contributed by atoms with van der Waals surface area (Å²) in [6, 6.07) is 0.254. The molecule has 0 aliphatic heterocycles. The van der Waals surface area contributed by atoms with Gasteiger partial charge < -0.3 is 10.5 Å². The Hall–Kier alpha value is -0.570. The van der Waals surface area contributed by atoms with Gasteiger partial charge in [0, 0.05) is 6.04 Å². The van der Waals surface area contributed by atoms with Gasteiger partial charge in [0.25, 0.3) is 0 Å². The zero-order valence-electron chi connectivity index (χ0n) is 6.62. The van der Waals surface area contributed by atoms with Crippen LogP contribution in [0.3, 0.4) is 0 Å². The second kappa shape index (κ2) is 2.21. The smallest absolute Gasteiger partial charge is 0.309 e. The van der Waals surface area contributed by atoms with Crippen molar-refractivity contribution in [3.8, 4) is 0 Å². The molecule has 2 saturated carbocycles. The van der Waals surface area contributed by atoms with E-state index in [2.05, 4.69) is 4.74 Å². The van der Waals surface area contributed by atoms with Gasteiger partial charge in [0.15, 0.2) is 0 Å². The lowest BCUT2D eigenvalue weighted by atomic mass is 10.0. The van der Waals surface area contributed by atoms with Crippen LogP contribution in [-0.4, -0.2) is 19.1 Å². The van der Waals surface area contributed by atoms with Crippen molar-refractivity contribution in [2.24, 2.45) is 23.5 Å². The quantitative estimate of drug-likeness (QED) is 0.548. The lowest BCUT2D eigenvalue weighted by molar-refractivity contribution is -0.145. The van der Waals surface area contributed by atoms with Crippen molar-refractivity contribution in [3.63, 3.8) is 0 Å². The highest BCUT2D eigenvalue weighted by Gasteiger charge is 2.55. The van der Waals surface area contributed by atoms with Gasteiger partial charge in [0.2, 0.25) is 0 Å². The molecule has 0 bridgehead atoms. The minimum atomic E-state index is -0.0644. The van der Waals surface area contributed by atoms with Crippen molar-refractivity contribution in [2.45, 2.75) is 18.9 Å². The Morgan fingerprint density at radius 1 is 1.45 bits per heavy atom. The molecule has 2 rings (SSSR count). The molecule has 0 radical (unpaired) electrons. The highest BCUT2D eigenvalue weighted by atomic mass is 16.5. The topological polar surface area (TPSA) is 52.3 Å². The Kier molecular flexibility index (Phi) is 1.42. The number of rotatable bonds is 1. The molecule has 2 aliphatic rings. The number of carbonyl (C=O) groups is 1. The Bertz CT molecular complexity index is 193. The fraction of sp³-hybridized carbons (Fsp3) is 0.875. The molecule has 0 aromatic carbocycles. The molecule has 0 unspecified atom stereocenters. The highest BCUT2D eigenvalue weighted by molar-refractivity contribution is 5.74. The minimum Gasteiger partial charge on any atom is -0.469 e. The van der Waals surface area contributed by atoms with Gasteiger partial charge in [0.05, 0.1) is 13.0 Å². The number of fused-ring (bicyclic) bond motifs is 1. The van der Waals surface area contributed by atoms with Crippen LogP contribution in [0.25, 0.3) is 0 Å². The van der Waals surface area contributed by atoms with Crippen molar-refractivity contribution in [1.29, 1.82) is 0 Å². The number of methoxy groups -OCH3 is 1. The molecule has 4 atom stereocenters. The van der Waals surface area contributed by atoms with Crippen LogP contribution in [0, 0.1) is 17.8 Å². The molecule has 2 N–H and O–H groups in total. The van der Waals surface area contributed by atoms with Crippen molar-refractivity contribution >= 4 is 5.97 Å². The molecule has 2 fully saturated rings. The maximum Gasteiger partial charge on any atom is 0.309 e. The Morgan fingerprint density at radius 2 is 2.18 bits per heavy atom. The van der Waals surface area contributed by atoms with Gasteiger partial charge in [-0.2, -0.15) is 0 Å². The normalized spacial score (nSPS) is 46.7. The van der Waals surface area contributed by atoms with E-state index in [0.717, 1.165) is 12.8 Å². The molecule has 0 spiro atoms. The van der Waals surface area contributed by atoms with E-state index in [1.54, 1.807) is 0 Å². The number of ether oxygens (including phenoxy) is 1. The lowest BCUT2D eigenvalue weighted by Crippen LogP contribution is -2.23. The van der Waals surface area contributed by atoms with Crippen LogP contribution < -0.4 is 5.73 Å². The van der Waals surface area contributed by atoms with Crippen LogP contribution in [0.1, 0.15) is 12.8 Å². The first kappa shape index (κ1) is 7.10. The molecule has 11 heavy (non-hydrogen) atoms. The summed E-state index contributed by atoms with van der Waals surface area (Å²) in [5.41, 5.74) is 5.80. The van der Waals surface area contributed by atoms with Crippen LogP contribution >= 0.6 is 0 Å². The third-order valence-corrected chi connectivity index (χ3v) is 2.99. The summed E-state index contributed by atoms with van der Waals surface area (Å²) in [6.07, 6.45) is 1.98. The van der Waals surface area contributed by atoms with Crippen molar-refractivity contribution in [2.75, 3.05) is 7.11 Å². The molecule has 0 aromatic rings. The van der Waals surface area contributed by atoms with Crippen LogP contribution in [0.15, 0.2) is 0 Å². The average molecular weight is 155 g/mol. The van der Waals surface area contributed by atoms with E-state index in [1.807, 2.05) is 0 Å². The summed E-state index contributed by atoms with van der Waals surface area (Å²) in [5, 5.41) is 0. The van der Waals surface area contributed by atoms with E-state index >= 15 is 0 Å². The van der Waals surface area contributed by atoms with E-state index in [9.17, 15) is 4.79 Å². The standard InChI is InChI=1S/C8H13NO2/c1-11-8(10)6-3-7(9)5-2-4(5)6/h4-7H,2-3,9H2,1H3/t4-,5+,6+,7-/m1/s1. The predicted octanol–water partition coefficient (Wildman–Crippen LogP) is 0.143. The van der Waals surface area contributed by atoms with E-state index in [4.69, 9.17) is 5.73 Å². The van der Waals surface area contributed by atoms with E-state index in [-0.39, 0.29) is 17.9 Å². The van der Waals surface area contributed by atoms with Gasteiger partial charge >= 0.3 is 5.97 Å². The van der Waals surface area contributed by atoms with Crippen molar-refractivity contribution < 1.29 is 9.53 Å². The van der Waals surface area contributed by atoms with Crippen molar-refractivity contribution in [3.05, 3.63) is 0 Å². The highest BCUT2D eigenvalue weighted by Crippen LogP contribution is 2.54. The third kappa shape index (κ3) is 0.948. The van der Waals surface area contributed by atoms with E-state index < -0.39 is 0 Å².